The molecule has 0 aliphatic heterocycles. The van der Waals surface area contributed by atoms with Crippen molar-refractivity contribution in [3.05, 3.63) is 23.8 Å². The maximum absolute atomic E-state index is 11.8. The summed E-state index contributed by atoms with van der Waals surface area (Å²) in [7, 11) is 0. The van der Waals surface area contributed by atoms with E-state index >= 15 is 0 Å². The maximum Gasteiger partial charge on any atom is 0.241 e. The fraction of sp³-hybridized carbons (Fsp3) is 0.385. The number of amides is 1. The van der Waals surface area contributed by atoms with Crippen molar-refractivity contribution in [2.24, 2.45) is 0 Å². The summed E-state index contributed by atoms with van der Waals surface area (Å²) in [5, 5.41) is 11.8. The molecule has 5 heteroatoms. The summed E-state index contributed by atoms with van der Waals surface area (Å²) in [4.78, 5) is 13.5. The molecule has 1 amide bonds. The van der Waals surface area contributed by atoms with Crippen LogP contribution in [0, 0.1) is 11.3 Å². The Balaban J connectivity index is 2.70. The lowest BCUT2D eigenvalue weighted by molar-refractivity contribution is -0.128. The first-order valence-electron chi connectivity index (χ1n) is 5.94. The summed E-state index contributed by atoms with van der Waals surface area (Å²) in [6.45, 7) is 5.42. The molecular formula is C13H18N4O. The Hall–Kier alpha value is -2.22. The summed E-state index contributed by atoms with van der Waals surface area (Å²) in [5.74, 6) is 0.0155. The van der Waals surface area contributed by atoms with Gasteiger partial charge in [0.05, 0.1) is 23.5 Å². The quantitative estimate of drug-likeness (QED) is 0.770. The van der Waals surface area contributed by atoms with Gasteiger partial charge in [0.2, 0.25) is 5.91 Å². The van der Waals surface area contributed by atoms with Crippen LogP contribution in [-0.2, 0) is 4.79 Å². The number of carbonyl (C=O) groups excluding carboxylic acids is 1. The second-order valence-corrected chi connectivity index (χ2v) is 3.80. The number of rotatable bonds is 5. The number of hydrogen-bond donors (Lipinski definition) is 2. The van der Waals surface area contributed by atoms with Gasteiger partial charge in [-0.15, -0.1) is 0 Å². The molecule has 0 fully saturated rings. The molecule has 5 nitrogen and oxygen atoms in total. The van der Waals surface area contributed by atoms with Crippen molar-refractivity contribution in [2.45, 2.75) is 13.8 Å². The van der Waals surface area contributed by atoms with Crippen LogP contribution in [0.3, 0.4) is 0 Å². The van der Waals surface area contributed by atoms with E-state index in [0.29, 0.717) is 30.0 Å². The lowest BCUT2D eigenvalue weighted by atomic mass is 10.1. The molecule has 0 saturated carbocycles. The van der Waals surface area contributed by atoms with Gasteiger partial charge < -0.3 is 16.0 Å². The van der Waals surface area contributed by atoms with E-state index in [9.17, 15) is 4.79 Å². The molecule has 0 bridgehead atoms. The van der Waals surface area contributed by atoms with E-state index in [1.54, 1.807) is 23.1 Å². The number of nitriles is 1. The number of nitrogen functional groups attached to an aromatic ring is 1. The Bertz CT molecular complexity index is 461. The average Bonchev–Trinajstić information content (AvgIpc) is 2.39. The van der Waals surface area contributed by atoms with Crippen LogP contribution in [0.2, 0.25) is 0 Å². The van der Waals surface area contributed by atoms with E-state index in [-0.39, 0.29) is 12.5 Å². The number of likely N-dealkylation sites (N-methyl/N-ethyl adjacent to an activating group) is 1. The minimum Gasteiger partial charge on any atom is -0.396 e. The molecule has 0 heterocycles. The number of nitrogens with one attached hydrogen (secondary N) is 1. The third-order valence-electron chi connectivity index (χ3n) is 2.77. The van der Waals surface area contributed by atoms with Crippen LogP contribution in [-0.4, -0.2) is 30.4 Å². The standard InChI is InChI=1S/C13H18N4O/c1-3-17(4-2)12(18)9-16-11-7-5-6-10(8-14)13(11)15/h5-7,16H,3-4,9,15H2,1-2H3. The van der Waals surface area contributed by atoms with Gasteiger partial charge in [-0.05, 0) is 26.0 Å². The van der Waals surface area contributed by atoms with Crippen LogP contribution in [0.1, 0.15) is 19.4 Å². The third kappa shape index (κ3) is 3.14. The summed E-state index contributed by atoms with van der Waals surface area (Å²) in [5.41, 5.74) is 7.23. The van der Waals surface area contributed by atoms with Crippen molar-refractivity contribution in [3.8, 4) is 6.07 Å². The van der Waals surface area contributed by atoms with Crippen LogP contribution in [0.25, 0.3) is 0 Å². The highest BCUT2D eigenvalue weighted by atomic mass is 16.2. The Labute approximate surface area is 107 Å². The zero-order valence-electron chi connectivity index (χ0n) is 10.7. The van der Waals surface area contributed by atoms with Gasteiger partial charge in [-0.3, -0.25) is 4.79 Å². The van der Waals surface area contributed by atoms with Crippen molar-refractivity contribution < 1.29 is 4.79 Å². The van der Waals surface area contributed by atoms with Crippen molar-refractivity contribution in [1.29, 1.82) is 5.26 Å². The SMILES string of the molecule is CCN(CC)C(=O)CNc1cccc(C#N)c1N. The van der Waals surface area contributed by atoms with Gasteiger partial charge in [0.25, 0.3) is 0 Å². The van der Waals surface area contributed by atoms with E-state index in [0.717, 1.165) is 0 Å². The van der Waals surface area contributed by atoms with Crippen LogP contribution in [0.5, 0.6) is 0 Å². The summed E-state index contributed by atoms with van der Waals surface area (Å²) >= 11 is 0. The summed E-state index contributed by atoms with van der Waals surface area (Å²) < 4.78 is 0. The lowest BCUT2D eigenvalue weighted by Gasteiger charge is -2.19. The Kier molecular flexibility index (Phi) is 5.00. The predicted octanol–water partition coefficient (Wildman–Crippen LogP) is 1.42. The molecule has 0 spiro atoms. The van der Waals surface area contributed by atoms with E-state index in [1.165, 1.54) is 0 Å². The first-order valence-corrected chi connectivity index (χ1v) is 5.94. The summed E-state index contributed by atoms with van der Waals surface area (Å²) in [6.07, 6.45) is 0. The van der Waals surface area contributed by atoms with Crippen LogP contribution in [0.4, 0.5) is 11.4 Å². The van der Waals surface area contributed by atoms with Gasteiger partial charge in [0.1, 0.15) is 6.07 Å². The fourth-order valence-electron chi connectivity index (χ4n) is 1.68. The molecule has 96 valence electrons. The molecule has 0 aliphatic carbocycles. The van der Waals surface area contributed by atoms with Gasteiger partial charge in [0, 0.05) is 13.1 Å². The first kappa shape index (κ1) is 13.8. The predicted molar refractivity (Wildman–Crippen MR) is 72.0 cm³/mol. The first-order chi connectivity index (χ1) is 8.63. The number of carbonyl (C=O) groups is 1. The summed E-state index contributed by atoms with van der Waals surface area (Å²) in [6, 6.07) is 7.14. The van der Waals surface area contributed by atoms with Crippen molar-refractivity contribution in [3.63, 3.8) is 0 Å². The highest BCUT2D eigenvalue weighted by Crippen LogP contribution is 2.21. The third-order valence-corrected chi connectivity index (χ3v) is 2.77. The molecule has 0 unspecified atom stereocenters. The highest BCUT2D eigenvalue weighted by molar-refractivity contribution is 5.83. The maximum atomic E-state index is 11.8. The number of nitrogens with zero attached hydrogens (tertiary/aromatic N) is 2. The molecule has 0 saturated heterocycles. The van der Waals surface area contributed by atoms with Gasteiger partial charge in [-0.2, -0.15) is 5.26 Å². The highest BCUT2D eigenvalue weighted by Gasteiger charge is 2.10. The Morgan fingerprint density at radius 1 is 1.44 bits per heavy atom. The van der Waals surface area contributed by atoms with Crippen LogP contribution < -0.4 is 11.1 Å². The number of hydrogen-bond acceptors (Lipinski definition) is 4. The molecule has 0 aliphatic rings. The number of nitrogens with two attached hydrogens (primary N) is 1. The van der Waals surface area contributed by atoms with Gasteiger partial charge in [-0.25, -0.2) is 0 Å². The van der Waals surface area contributed by atoms with Crippen molar-refractivity contribution in [2.75, 3.05) is 30.7 Å². The normalized spacial score (nSPS) is 9.61. The molecule has 1 aromatic carbocycles. The molecule has 0 radical (unpaired) electrons. The topological polar surface area (TPSA) is 82.2 Å². The van der Waals surface area contributed by atoms with Gasteiger partial charge in [-0.1, -0.05) is 6.07 Å². The number of para-hydroxylation sites is 1. The Morgan fingerprint density at radius 2 is 2.11 bits per heavy atom. The molecule has 18 heavy (non-hydrogen) atoms. The molecule has 1 aromatic rings. The van der Waals surface area contributed by atoms with Gasteiger partial charge >= 0.3 is 0 Å². The van der Waals surface area contributed by atoms with Crippen LogP contribution >= 0.6 is 0 Å². The van der Waals surface area contributed by atoms with E-state index in [1.807, 2.05) is 19.9 Å². The van der Waals surface area contributed by atoms with Crippen molar-refractivity contribution in [1.82, 2.24) is 4.90 Å². The number of anilines is 2. The van der Waals surface area contributed by atoms with E-state index in [4.69, 9.17) is 11.0 Å². The van der Waals surface area contributed by atoms with Crippen LogP contribution in [0.15, 0.2) is 18.2 Å². The second kappa shape index (κ2) is 6.50. The van der Waals surface area contributed by atoms with E-state index < -0.39 is 0 Å². The Morgan fingerprint density at radius 3 is 2.67 bits per heavy atom. The molecule has 3 N–H and O–H groups in total. The largest absolute Gasteiger partial charge is 0.396 e. The molecule has 0 atom stereocenters. The van der Waals surface area contributed by atoms with Gasteiger partial charge in [0.15, 0.2) is 0 Å². The molecule has 1 rings (SSSR count). The monoisotopic (exact) mass is 246 g/mol. The minimum absolute atomic E-state index is 0.0155. The smallest absolute Gasteiger partial charge is 0.241 e. The average molecular weight is 246 g/mol. The zero-order valence-corrected chi connectivity index (χ0v) is 10.7. The fourth-order valence-corrected chi connectivity index (χ4v) is 1.68. The molecule has 0 aromatic heterocycles. The minimum atomic E-state index is 0.0155. The van der Waals surface area contributed by atoms with Crippen molar-refractivity contribution >= 4 is 17.3 Å². The zero-order chi connectivity index (χ0) is 13.5. The molecular weight excluding hydrogens is 228 g/mol. The lowest BCUT2D eigenvalue weighted by Crippen LogP contribution is -2.35. The second-order valence-electron chi connectivity index (χ2n) is 3.80. The van der Waals surface area contributed by atoms with E-state index in [2.05, 4.69) is 5.32 Å². The number of benzene rings is 1.